The first-order valence-electron chi connectivity index (χ1n) is 10.1. The van der Waals surface area contributed by atoms with E-state index in [0.717, 1.165) is 51.7 Å². The maximum absolute atomic E-state index is 5.52. The summed E-state index contributed by atoms with van der Waals surface area (Å²) in [6, 6.07) is 4.51. The molecule has 2 saturated heterocycles. The topological polar surface area (TPSA) is 28.6 Å². The second kappa shape index (κ2) is 8.50. The van der Waals surface area contributed by atoms with E-state index in [9.17, 15) is 0 Å². The first kappa shape index (κ1) is 18.7. The van der Waals surface area contributed by atoms with Crippen molar-refractivity contribution in [3.05, 3.63) is 24.0 Å². The molecule has 4 heteroatoms. The zero-order chi connectivity index (χ0) is 17.7. The van der Waals surface area contributed by atoms with Crippen molar-refractivity contribution in [1.29, 1.82) is 0 Å². The Morgan fingerprint density at radius 3 is 2.48 bits per heavy atom. The maximum atomic E-state index is 5.52. The predicted molar refractivity (Wildman–Crippen MR) is 104 cm³/mol. The standard InChI is InChI=1S/C21H35N3O/c1-4-5-18(2)16-19-6-7-20(17-22-19)23-10-8-21(3,9-11-23)24-12-14-25-15-13-24/h6-7,17-18H,4-5,8-16H2,1-3H3. The summed E-state index contributed by atoms with van der Waals surface area (Å²) in [5.41, 5.74) is 2.86. The molecular weight excluding hydrogens is 310 g/mol. The van der Waals surface area contributed by atoms with Gasteiger partial charge in [0.15, 0.2) is 0 Å². The summed E-state index contributed by atoms with van der Waals surface area (Å²) < 4.78 is 5.52. The molecule has 3 heterocycles. The highest BCUT2D eigenvalue weighted by Gasteiger charge is 2.36. The molecule has 1 aromatic rings. The summed E-state index contributed by atoms with van der Waals surface area (Å²) in [6.45, 7) is 13.2. The Morgan fingerprint density at radius 1 is 1.16 bits per heavy atom. The van der Waals surface area contributed by atoms with E-state index in [2.05, 4.69) is 48.9 Å². The zero-order valence-corrected chi connectivity index (χ0v) is 16.3. The summed E-state index contributed by atoms with van der Waals surface area (Å²) in [4.78, 5) is 9.89. The van der Waals surface area contributed by atoms with Crippen molar-refractivity contribution in [3.63, 3.8) is 0 Å². The highest BCUT2D eigenvalue weighted by atomic mass is 16.5. The van der Waals surface area contributed by atoms with Crippen molar-refractivity contribution in [2.24, 2.45) is 5.92 Å². The van der Waals surface area contributed by atoms with Crippen molar-refractivity contribution < 1.29 is 4.74 Å². The molecule has 25 heavy (non-hydrogen) atoms. The second-order valence-corrected chi connectivity index (χ2v) is 8.19. The molecule has 0 aliphatic carbocycles. The third-order valence-electron chi connectivity index (χ3n) is 6.13. The van der Waals surface area contributed by atoms with Crippen LogP contribution >= 0.6 is 0 Å². The smallest absolute Gasteiger partial charge is 0.0594 e. The Labute approximate surface area is 153 Å². The van der Waals surface area contributed by atoms with Crippen LogP contribution < -0.4 is 4.90 Å². The van der Waals surface area contributed by atoms with E-state index in [-0.39, 0.29) is 0 Å². The second-order valence-electron chi connectivity index (χ2n) is 8.19. The van der Waals surface area contributed by atoms with E-state index < -0.39 is 0 Å². The maximum Gasteiger partial charge on any atom is 0.0594 e. The van der Waals surface area contributed by atoms with Crippen LogP contribution in [0.15, 0.2) is 18.3 Å². The van der Waals surface area contributed by atoms with Gasteiger partial charge in [-0.3, -0.25) is 9.88 Å². The lowest BCUT2D eigenvalue weighted by atomic mass is 9.87. The number of rotatable bonds is 6. The predicted octanol–water partition coefficient (Wildman–Crippen LogP) is 3.75. The molecule has 0 N–H and O–H groups in total. The molecule has 3 rings (SSSR count). The number of hydrogen-bond donors (Lipinski definition) is 0. The molecule has 4 nitrogen and oxygen atoms in total. The van der Waals surface area contributed by atoms with Crippen molar-refractivity contribution in [1.82, 2.24) is 9.88 Å². The van der Waals surface area contributed by atoms with Gasteiger partial charge in [-0.1, -0.05) is 26.7 Å². The number of morpholine rings is 1. The van der Waals surface area contributed by atoms with E-state index in [0.29, 0.717) is 5.54 Å². The normalized spacial score (nSPS) is 22.8. The minimum absolute atomic E-state index is 0.337. The summed E-state index contributed by atoms with van der Waals surface area (Å²) in [6.07, 6.45) is 8.18. The third kappa shape index (κ3) is 4.73. The molecule has 1 atom stereocenters. The molecule has 0 spiro atoms. The van der Waals surface area contributed by atoms with Crippen LogP contribution in [0.1, 0.15) is 52.1 Å². The van der Waals surface area contributed by atoms with Gasteiger partial charge in [0.05, 0.1) is 25.1 Å². The van der Waals surface area contributed by atoms with Crippen LogP contribution in [0.25, 0.3) is 0 Å². The first-order chi connectivity index (χ1) is 12.1. The molecule has 2 aliphatic heterocycles. The SMILES string of the molecule is CCCC(C)Cc1ccc(N2CCC(C)(N3CCOCC3)CC2)cn1. The van der Waals surface area contributed by atoms with Gasteiger partial charge in [0.2, 0.25) is 0 Å². The molecule has 140 valence electrons. The van der Waals surface area contributed by atoms with Gasteiger partial charge in [-0.05, 0) is 44.2 Å². The van der Waals surface area contributed by atoms with Crippen LogP contribution in [0.2, 0.25) is 0 Å². The van der Waals surface area contributed by atoms with Gasteiger partial charge in [-0.15, -0.1) is 0 Å². The van der Waals surface area contributed by atoms with Gasteiger partial charge in [0.25, 0.3) is 0 Å². The lowest BCUT2D eigenvalue weighted by Crippen LogP contribution is -2.56. The van der Waals surface area contributed by atoms with Crippen molar-refractivity contribution >= 4 is 5.69 Å². The average molecular weight is 346 g/mol. The van der Waals surface area contributed by atoms with Crippen LogP contribution in [0.4, 0.5) is 5.69 Å². The van der Waals surface area contributed by atoms with Crippen LogP contribution in [0.3, 0.4) is 0 Å². The molecule has 1 aromatic heterocycles. The quantitative estimate of drug-likeness (QED) is 0.785. The molecular formula is C21H35N3O. The van der Waals surface area contributed by atoms with Crippen LogP contribution in [-0.4, -0.2) is 54.8 Å². The van der Waals surface area contributed by atoms with Gasteiger partial charge in [0.1, 0.15) is 0 Å². The van der Waals surface area contributed by atoms with Crippen molar-refractivity contribution in [2.45, 2.75) is 58.4 Å². The third-order valence-corrected chi connectivity index (χ3v) is 6.13. The Bertz CT molecular complexity index is 516. The molecule has 0 radical (unpaired) electrons. The number of pyridine rings is 1. The fourth-order valence-electron chi connectivity index (χ4n) is 4.34. The number of anilines is 1. The van der Waals surface area contributed by atoms with Gasteiger partial charge in [-0.2, -0.15) is 0 Å². The molecule has 0 saturated carbocycles. The summed E-state index contributed by atoms with van der Waals surface area (Å²) in [5.74, 6) is 0.729. The van der Waals surface area contributed by atoms with Crippen LogP contribution in [0, 0.1) is 5.92 Å². The lowest BCUT2D eigenvalue weighted by Gasteiger charge is -2.48. The van der Waals surface area contributed by atoms with Crippen LogP contribution in [-0.2, 0) is 11.2 Å². The summed E-state index contributed by atoms with van der Waals surface area (Å²) >= 11 is 0. The van der Waals surface area contributed by atoms with E-state index in [1.54, 1.807) is 0 Å². The van der Waals surface area contributed by atoms with Crippen LogP contribution in [0.5, 0.6) is 0 Å². The fraction of sp³-hybridized carbons (Fsp3) is 0.762. The first-order valence-corrected chi connectivity index (χ1v) is 10.1. The molecule has 0 bridgehead atoms. The molecule has 2 aliphatic rings. The molecule has 0 amide bonds. The lowest BCUT2D eigenvalue weighted by molar-refractivity contribution is -0.0248. The van der Waals surface area contributed by atoms with Gasteiger partial charge < -0.3 is 9.64 Å². The number of nitrogens with zero attached hydrogens (tertiary/aromatic N) is 3. The van der Waals surface area contributed by atoms with Gasteiger partial charge in [0, 0.05) is 37.4 Å². The minimum atomic E-state index is 0.337. The Balaban J connectivity index is 1.54. The number of aromatic nitrogens is 1. The summed E-state index contributed by atoms with van der Waals surface area (Å²) in [5, 5.41) is 0. The van der Waals surface area contributed by atoms with Gasteiger partial charge in [-0.25, -0.2) is 0 Å². The Morgan fingerprint density at radius 2 is 1.88 bits per heavy atom. The number of ether oxygens (including phenoxy) is 1. The molecule has 0 aromatic carbocycles. The van der Waals surface area contributed by atoms with Gasteiger partial charge >= 0.3 is 0 Å². The monoisotopic (exact) mass is 345 g/mol. The largest absolute Gasteiger partial charge is 0.379 e. The number of piperidine rings is 1. The fourth-order valence-corrected chi connectivity index (χ4v) is 4.34. The van der Waals surface area contributed by atoms with E-state index in [1.807, 2.05) is 0 Å². The highest BCUT2D eigenvalue weighted by Crippen LogP contribution is 2.31. The highest BCUT2D eigenvalue weighted by molar-refractivity contribution is 5.45. The zero-order valence-electron chi connectivity index (χ0n) is 16.3. The molecule has 1 unspecified atom stereocenters. The van der Waals surface area contributed by atoms with Crippen molar-refractivity contribution in [2.75, 3.05) is 44.3 Å². The summed E-state index contributed by atoms with van der Waals surface area (Å²) in [7, 11) is 0. The average Bonchev–Trinajstić information content (AvgIpc) is 2.64. The van der Waals surface area contributed by atoms with E-state index in [1.165, 1.54) is 37.1 Å². The Kier molecular flexibility index (Phi) is 6.34. The molecule has 2 fully saturated rings. The minimum Gasteiger partial charge on any atom is -0.379 e. The van der Waals surface area contributed by atoms with Crippen molar-refractivity contribution in [3.8, 4) is 0 Å². The van der Waals surface area contributed by atoms with E-state index in [4.69, 9.17) is 9.72 Å². The Hall–Kier alpha value is -1.13. The van der Waals surface area contributed by atoms with E-state index >= 15 is 0 Å². The number of hydrogen-bond acceptors (Lipinski definition) is 4.